The zero-order chi connectivity index (χ0) is 20.1. The Morgan fingerprint density at radius 3 is 2.36 bits per heavy atom. The Labute approximate surface area is 164 Å². The van der Waals surface area contributed by atoms with Gasteiger partial charge < -0.3 is 14.4 Å². The molecule has 0 bridgehead atoms. The van der Waals surface area contributed by atoms with Gasteiger partial charge in [-0.1, -0.05) is 54.1 Å². The quantitative estimate of drug-likeness (QED) is 0.752. The summed E-state index contributed by atoms with van der Waals surface area (Å²) in [5.74, 6) is -1.24. The van der Waals surface area contributed by atoms with Gasteiger partial charge in [-0.05, 0) is 30.7 Å². The molecule has 1 heterocycles. The summed E-state index contributed by atoms with van der Waals surface area (Å²) in [5.41, 5.74) is 4.01. The van der Waals surface area contributed by atoms with E-state index < -0.39 is 11.9 Å². The lowest BCUT2D eigenvalue weighted by molar-refractivity contribution is -0.139. The number of aryl methyl sites for hydroxylation is 1. The van der Waals surface area contributed by atoms with Crippen molar-refractivity contribution in [3.63, 3.8) is 0 Å². The summed E-state index contributed by atoms with van der Waals surface area (Å²) in [7, 11) is 2.56. The normalized spacial score (nSPS) is 13.3. The van der Waals surface area contributed by atoms with E-state index in [0.717, 1.165) is 22.4 Å². The van der Waals surface area contributed by atoms with Gasteiger partial charge in [-0.3, -0.25) is 0 Å². The molecule has 5 heteroatoms. The molecule has 0 aliphatic carbocycles. The van der Waals surface area contributed by atoms with Crippen LogP contribution in [0.4, 0.5) is 5.69 Å². The number of carbonyl (C=O) groups is 2. The molecule has 0 unspecified atom stereocenters. The summed E-state index contributed by atoms with van der Waals surface area (Å²) in [4.78, 5) is 26.6. The fraction of sp³-hybridized carbons (Fsp3) is 0.130. The van der Waals surface area contributed by atoms with Crippen molar-refractivity contribution in [2.45, 2.75) is 6.92 Å². The Hall–Kier alpha value is -3.60. The topological polar surface area (TPSA) is 55.8 Å². The first-order valence-electron chi connectivity index (χ1n) is 8.78. The molecule has 1 aliphatic heterocycles. The van der Waals surface area contributed by atoms with Gasteiger partial charge in [-0.25, -0.2) is 9.59 Å². The maximum atomic E-state index is 12.6. The summed E-state index contributed by atoms with van der Waals surface area (Å²) in [6, 6.07) is 15.8. The number of hydrogen-bond acceptors (Lipinski definition) is 5. The van der Waals surface area contributed by atoms with Gasteiger partial charge >= 0.3 is 11.9 Å². The van der Waals surface area contributed by atoms with Crippen LogP contribution >= 0.6 is 0 Å². The highest BCUT2D eigenvalue weighted by Crippen LogP contribution is 2.35. The molecule has 0 saturated carbocycles. The molecule has 142 valence electrons. The predicted molar refractivity (Wildman–Crippen MR) is 108 cm³/mol. The number of hydrogen-bond donors (Lipinski definition) is 0. The third-order valence-electron chi connectivity index (χ3n) is 4.38. The van der Waals surface area contributed by atoms with Crippen molar-refractivity contribution in [2.75, 3.05) is 19.1 Å². The first-order chi connectivity index (χ1) is 13.6. The van der Waals surface area contributed by atoms with Crippen LogP contribution in [-0.4, -0.2) is 26.2 Å². The van der Waals surface area contributed by atoms with Gasteiger partial charge in [-0.2, -0.15) is 0 Å². The molecule has 28 heavy (non-hydrogen) atoms. The highest BCUT2D eigenvalue weighted by atomic mass is 16.5. The second-order valence-corrected chi connectivity index (χ2v) is 6.20. The number of para-hydroxylation sites is 1. The highest BCUT2D eigenvalue weighted by molar-refractivity contribution is 6.06. The summed E-state index contributed by atoms with van der Waals surface area (Å²) >= 11 is 0. The van der Waals surface area contributed by atoms with E-state index in [0.29, 0.717) is 0 Å². The molecule has 1 aliphatic rings. The Morgan fingerprint density at radius 1 is 0.893 bits per heavy atom. The smallest absolute Gasteiger partial charge is 0.355 e. The highest BCUT2D eigenvalue weighted by Gasteiger charge is 2.28. The summed E-state index contributed by atoms with van der Waals surface area (Å²) in [6.45, 7) is 2.02. The number of esters is 2. The van der Waals surface area contributed by atoms with E-state index in [4.69, 9.17) is 9.47 Å². The molecule has 0 fully saturated rings. The van der Waals surface area contributed by atoms with Gasteiger partial charge in [0.05, 0.1) is 25.5 Å². The average molecular weight is 375 g/mol. The van der Waals surface area contributed by atoms with Crippen LogP contribution in [0.3, 0.4) is 0 Å². The minimum absolute atomic E-state index is 0.0967. The number of ether oxygens (including phenoxy) is 2. The van der Waals surface area contributed by atoms with Crippen LogP contribution in [0.25, 0.3) is 11.1 Å². The number of anilines is 1. The monoisotopic (exact) mass is 375 g/mol. The number of nitrogens with zero attached hydrogens (tertiary/aromatic N) is 1. The Bertz CT molecular complexity index is 1000. The maximum absolute atomic E-state index is 12.6. The molecule has 0 spiro atoms. The Morgan fingerprint density at radius 2 is 1.64 bits per heavy atom. The molecule has 3 rings (SSSR count). The molecular formula is C23H21NO4. The van der Waals surface area contributed by atoms with Crippen LogP contribution in [0.1, 0.15) is 5.56 Å². The lowest BCUT2D eigenvalue weighted by Gasteiger charge is -2.25. The number of benzene rings is 2. The van der Waals surface area contributed by atoms with E-state index in [1.54, 1.807) is 29.3 Å². The van der Waals surface area contributed by atoms with Crippen molar-refractivity contribution in [2.24, 2.45) is 0 Å². The zero-order valence-corrected chi connectivity index (χ0v) is 16.0. The Kier molecular flexibility index (Phi) is 5.75. The van der Waals surface area contributed by atoms with Crippen LogP contribution in [0, 0.1) is 6.92 Å². The lowest BCUT2D eigenvalue weighted by Crippen LogP contribution is -2.27. The SMILES string of the molecule is COC(=O)C1=C(C(=O)OC)N(c2ccccc2-c2cccc(C)c2)C=CC=C1. The first kappa shape index (κ1) is 19.2. The average Bonchev–Trinajstić information content (AvgIpc) is 2.95. The molecule has 0 radical (unpaired) electrons. The van der Waals surface area contributed by atoms with Crippen LogP contribution in [-0.2, 0) is 19.1 Å². The van der Waals surface area contributed by atoms with Gasteiger partial charge in [0.1, 0.15) is 5.70 Å². The van der Waals surface area contributed by atoms with Crippen LogP contribution in [0.15, 0.2) is 84.2 Å². The van der Waals surface area contributed by atoms with Gasteiger partial charge in [-0.15, -0.1) is 0 Å². The minimum atomic E-state index is -0.629. The summed E-state index contributed by atoms with van der Waals surface area (Å²) in [6.07, 6.45) is 6.72. The van der Waals surface area contributed by atoms with Crippen molar-refractivity contribution in [3.8, 4) is 11.1 Å². The van der Waals surface area contributed by atoms with E-state index in [1.165, 1.54) is 14.2 Å². The molecule has 5 nitrogen and oxygen atoms in total. The number of rotatable bonds is 4. The minimum Gasteiger partial charge on any atom is -0.465 e. The zero-order valence-electron chi connectivity index (χ0n) is 16.0. The lowest BCUT2D eigenvalue weighted by atomic mass is 10.0. The fourth-order valence-corrected chi connectivity index (χ4v) is 3.09. The molecule has 0 saturated heterocycles. The van der Waals surface area contributed by atoms with Gasteiger partial charge in [0.25, 0.3) is 0 Å². The second kappa shape index (κ2) is 8.39. The van der Waals surface area contributed by atoms with E-state index in [1.807, 2.05) is 49.4 Å². The molecule has 0 atom stereocenters. The van der Waals surface area contributed by atoms with Crippen molar-refractivity contribution in [1.82, 2.24) is 0 Å². The van der Waals surface area contributed by atoms with Crippen LogP contribution < -0.4 is 4.90 Å². The van der Waals surface area contributed by atoms with Crippen LogP contribution in [0.5, 0.6) is 0 Å². The molecule has 0 aromatic heterocycles. The van der Waals surface area contributed by atoms with Crippen molar-refractivity contribution in [1.29, 1.82) is 0 Å². The van der Waals surface area contributed by atoms with Crippen molar-refractivity contribution in [3.05, 3.63) is 89.8 Å². The van der Waals surface area contributed by atoms with E-state index >= 15 is 0 Å². The molecule has 2 aromatic carbocycles. The number of methoxy groups -OCH3 is 2. The summed E-state index contributed by atoms with van der Waals surface area (Å²) < 4.78 is 9.85. The molecule has 2 aromatic rings. The van der Waals surface area contributed by atoms with Gasteiger partial charge in [0.2, 0.25) is 0 Å². The van der Waals surface area contributed by atoms with E-state index in [-0.39, 0.29) is 11.3 Å². The number of allylic oxidation sites excluding steroid dienone is 2. The fourth-order valence-electron chi connectivity index (χ4n) is 3.09. The predicted octanol–water partition coefficient (Wildman–Crippen LogP) is 4.15. The second-order valence-electron chi connectivity index (χ2n) is 6.20. The van der Waals surface area contributed by atoms with E-state index in [2.05, 4.69) is 6.07 Å². The molecular weight excluding hydrogens is 354 g/mol. The maximum Gasteiger partial charge on any atom is 0.355 e. The van der Waals surface area contributed by atoms with Gasteiger partial charge in [0, 0.05) is 11.8 Å². The number of carbonyl (C=O) groups excluding carboxylic acids is 2. The van der Waals surface area contributed by atoms with E-state index in [9.17, 15) is 9.59 Å². The third kappa shape index (κ3) is 3.74. The van der Waals surface area contributed by atoms with Crippen LogP contribution in [0.2, 0.25) is 0 Å². The first-order valence-corrected chi connectivity index (χ1v) is 8.78. The third-order valence-corrected chi connectivity index (χ3v) is 4.38. The molecule has 0 N–H and O–H groups in total. The van der Waals surface area contributed by atoms with Crippen molar-refractivity contribution < 1.29 is 19.1 Å². The van der Waals surface area contributed by atoms with Gasteiger partial charge in [0.15, 0.2) is 0 Å². The van der Waals surface area contributed by atoms with Crippen molar-refractivity contribution >= 4 is 17.6 Å². The Balaban J connectivity index is 2.24. The summed E-state index contributed by atoms with van der Waals surface area (Å²) in [5, 5.41) is 0. The standard InChI is InChI=1S/C23H21NO4/c1-16-9-8-10-17(15-16)18-11-4-5-13-20(18)24-14-7-6-12-19(22(25)27-2)21(24)23(26)28-3/h4-15H,1-3H3. The molecule has 0 amide bonds. The largest absolute Gasteiger partial charge is 0.465 e.